The quantitative estimate of drug-likeness (QED) is 0.790. The molecule has 1 fully saturated rings. The van der Waals surface area contributed by atoms with Crippen LogP contribution in [0.25, 0.3) is 17.0 Å². The number of rotatable bonds is 4. The highest BCUT2D eigenvalue weighted by Gasteiger charge is 2.33. The number of nitrogens with one attached hydrogen (secondary N) is 1. The Bertz CT molecular complexity index is 904. The molecule has 1 saturated heterocycles. The van der Waals surface area contributed by atoms with Gasteiger partial charge < -0.3 is 10.2 Å². The molecule has 1 N–H and O–H groups in total. The number of anilines is 1. The monoisotopic (exact) mass is 336 g/mol. The second-order valence-corrected chi connectivity index (χ2v) is 6.48. The van der Waals surface area contributed by atoms with Gasteiger partial charge in [-0.15, -0.1) is 0 Å². The Morgan fingerprint density at radius 1 is 1.24 bits per heavy atom. The zero-order valence-corrected chi connectivity index (χ0v) is 14.3. The summed E-state index contributed by atoms with van der Waals surface area (Å²) < 4.78 is 1.64. The van der Waals surface area contributed by atoms with E-state index in [0.717, 1.165) is 30.0 Å². The van der Waals surface area contributed by atoms with E-state index in [1.165, 1.54) is 6.33 Å². The Morgan fingerprint density at radius 2 is 2.04 bits per heavy atom. The first-order valence-electron chi connectivity index (χ1n) is 8.46. The highest BCUT2D eigenvalue weighted by atomic mass is 16.2. The Hall–Kier alpha value is -2.96. The van der Waals surface area contributed by atoms with Crippen molar-refractivity contribution in [3.05, 3.63) is 42.7 Å². The summed E-state index contributed by atoms with van der Waals surface area (Å²) in [5.41, 5.74) is 1.80. The maximum Gasteiger partial charge on any atom is 0.254 e. The average molecular weight is 336 g/mol. The zero-order chi connectivity index (χ0) is 17.4. The Labute approximate surface area is 145 Å². The number of benzene rings is 1. The highest BCUT2D eigenvalue weighted by molar-refractivity contribution is 5.87. The second kappa shape index (κ2) is 6.16. The first kappa shape index (κ1) is 15.6. The van der Waals surface area contributed by atoms with E-state index in [9.17, 15) is 4.79 Å². The third-order valence-corrected chi connectivity index (χ3v) is 4.51. The molecule has 0 spiro atoms. The van der Waals surface area contributed by atoms with E-state index in [4.69, 9.17) is 0 Å². The van der Waals surface area contributed by atoms with Crippen LogP contribution in [0.15, 0.2) is 42.7 Å². The molecule has 1 unspecified atom stereocenters. The molecule has 1 aliphatic heterocycles. The van der Waals surface area contributed by atoms with Gasteiger partial charge in [-0.1, -0.05) is 30.3 Å². The van der Waals surface area contributed by atoms with Crippen LogP contribution in [0.5, 0.6) is 0 Å². The van der Waals surface area contributed by atoms with Crippen LogP contribution in [-0.2, 0) is 4.79 Å². The highest BCUT2D eigenvalue weighted by Crippen LogP contribution is 2.24. The van der Waals surface area contributed by atoms with Crippen molar-refractivity contribution in [1.29, 1.82) is 0 Å². The Kier molecular flexibility index (Phi) is 3.83. The first-order valence-corrected chi connectivity index (χ1v) is 8.46. The minimum atomic E-state index is -0.249. The molecule has 128 valence electrons. The molecular weight excluding hydrogens is 316 g/mol. The van der Waals surface area contributed by atoms with Crippen LogP contribution in [0, 0.1) is 0 Å². The molecule has 0 bridgehead atoms. The van der Waals surface area contributed by atoms with E-state index in [0.29, 0.717) is 5.78 Å². The molecule has 7 heteroatoms. The van der Waals surface area contributed by atoms with Crippen molar-refractivity contribution in [2.75, 3.05) is 11.9 Å². The van der Waals surface area contributed by atoms with Gasteiger partial charge in [0.2, 0.25) is 5.91 Å². The number of likely N-dealkylation sites (tertiary alicyclic amines) is 1. The number of hydrogen-bond acceptors (Lipinski definition) is 5. The van der Waals surface area contributed by atoms with Gasteiger partial charge in [0, 0.05) is 24.2 Å². The molecule has 1 aromatic carbocycles. The van der Waals surface area contributed by atoms with Gasteiger partial charge >= 0.3 is 0 Å². The minimum Gasteiger partial charge on any atom is -0.358 e. The standard InChI is InChI=1S/C18H20N6O/c1-12(2)23-9-8-14(17(23)25)21-16-10-15(13-6-4-3-5-7-13)22-18-19-11-20-24(16)18/h3-7,10-12,14,21H,8-9H2,1-2H3. The Balaban J connectivity index is 1.70. The molecule has 2 aromatic heterocycles. The van der Waals surface area contributed by atoms with Gasteiger partial charge in [0.05, 0.1) is 5.69 Å². The maximum atomic E-state index is 12.6. The van der Waals surface area contributed by atoms with Crippen LogP contribution in [0.2, 0.25) is 0 Å². The molecule has 3 aromatic rings. The van der Waals surface area contributed by atoms with Gasteiger partial charge in [-0.25, -0.2) is 4.98 Å². The number of amides is 1. The molecule has 1 amide bonds. The number of carbonyl (C=O) groups excluding carboxylic acids is 1. The average Bonchev–Trinajstić information content (AvgIpc) is 3.23. The summed E-state index contributed by atoms with van der Waals surface area (Å²) in [5.74, 6) is 1.36. The molecule has 0 aliphatic carbocycles. The van der Waals surface area contributed by atoms with Gasteiger partial charge in [-0.3, -0.25) is 4.79 Å². The van der Waals surface area contributed by atoms with E-state index in [1.54, 1.807) is 4.52 Å². The predicted octanol–water partition coefficient (Wildman–Crippen LogP) is 2.21. The largest absolute Gasteiger partial charge is 0.358 e. The summed E-state index contributed by atoms with van der Waals surface area (Å²) in [6, 6.07) is 11.8. The molecule has 0 saturated carbocycles. The van der Waals surface area contributed by atoms with Crippen LogP contribution < -0.4 is 5.32 Å². The van der Waals surface area contributed by atoms with Crippen LogP contribution in [0.3, 0.4) is 0 Å². The Morgan fingerprint density at radius 3 is 2.76 bits per heavy atom. The van der Waals surface area contributed by atoms with Crippen LogP contribution in [0.4, 0.5) is 5.82 Å². The van der Waals surface area contributed by atoms with E-state index in [1.807, 2.05) is 55.1 Å². The molecule has 4 rings (SSSR count). The third-order valence-electron chi connectivity index (χ3n) is 4.51. The fourth-order valence-electron chi connectivity index (χ4n) is 3.20. The van der Waals surface area contributed by atoms with Crippen molar-refractivity contribution < 1.29 is 4.79 Å². The van der Waals surface area contributed by atoms with Crippen molar-refractivity contribution in [2.24, 2.45) is 0 Å². The van der Waals surface area contributed by atoms with Gasteiger partial charge in [-0.2, -0.15) is 14.6 Å². The summed E-state index contributed by atoms with van der Waals surface area (Å²) >= 11 is 0. The molecule has 1 aliphatic rings. The van der Waals surface area contributed by atoms with Gasteiger partial charge in [0.1, 0.15) is 18.2 Å². The van der Waals surface area contributed by atoms with E-state index < -0.39 is 0 Å². The number of aromatic nitrogens is 4. The summed E-state index contributed by atoms with van der Waals surface area (Å²) in [6.45, 7) is 4.84. The second-order valence-electron chi connectivity index (χ2n) is 6.48. The van der Waals surface area contributed by atoms with Crippen molar-refractivity contribution in [3.8, 4) is 11.3 Å². The predicted molar refractivity (Wildman–Crippen MR) is 95.1 cm³/mol. The summed E-state index contributed by atoms with van der Waals surface area (Å²) in [7, 11) is 0. The minimum absolute atomic E-state index is 0.126. The van der Waals surface area contributed by atoms with Crippen molar-refractivity contribution in [1.82, 2.24) is 24.5 Å². The van der Waals surface area contributed by atoms with Crippen molar-refractivity contribution >= 4 is 17.5 Å². The first-order chi connectivity index (χ1) is 12.1. The SMILES string of the molecule is CC(C)N1CCC(Nc2cc(-c3ccccc3)nc3ncnn23)C1=O. The maximum absolute atomic E-state index is 12.6. The van der Waals surface area contributed by atoms with Gasteiger partial charge in [-0.05, 0) is 20.3 Å². The lowest BCUT2D eigenvalue weighted by Crippen LogP contribution is -2.37. The van der Waals surface area contributed by atoms with Crippen molar-refractivity contribution in [3.63, 3.8) is 0 Å². The molecule has 25 heavy (non-hydrogen) atoms. The number of carbonyl (C=O) groups is 1. The molecule has 7 nitrogen and oxygen atoms in total. The van der Waals surface area contributed by atoms with E-state index >= 15 is 0 Å². The lowest BCUT2D eigenvalue weighted by Gasteiger charge is -2.21. The van der Waals surface area contributed by atoms with Crippen molar-refractivity contribution in [2.45, 2.75) is 32.4 Å². The molecule has 3 heterocycles. The van der Waals surface area contributed by atoms with E-state index in [2.05, 4.69) is 20.4 Å². The lowest BCUT2D eigenvalue weighted by molar-refractivity contribution is -0.129. The number of hydrogen-bond donors (Lipinski definition) is 1. The molecule has 1 atom stereocenters. The summed E-state index contributed by atoms with van der Waals surface area (Å²) in [5, 5.41) is 7.57. The fourth-order valence-corrected chi connectivity index (χ4v) is 3.20. The summed E-state index contributed by atoms with van der Waals surface area (Å²) in [6.07, 6.45) is 2.25. The number of fused-ring (bicyclic) bond motifs is 1. The normalized spacial score (nSPS) is 17.6. The zero-order valence-electron chi connectivity index (χ0n) is 14.3. The third kappa shape index (κ3) is 2.82. The van der Waals surface area contributed by atoms with E-state index in [-0.39, 0.29) is 18.0 Å². The summed E-state index contributed by atoms with van der Waals surface area (Å²) in [4.78, 5) is 23.2. The van der Waals surface area contributed by atoms with Crippen LogP contribution in [-0.4, -0.2) is 49.0 Å². The fraction of sp³-hybridized carbons (Fsp3) is 0.333. The smallest absolute Gasteiger partial charge is 0.254 e. The van der Waals surface area contributed by atoms with Crippen LogP contribution >= 0.6 is 0 Å². The lowest BCUT2D eigenvalue weighted by atomic mass is 10.1. The molecule has 0 radical (unpaired) electrons. The van der Waals surface area contributed by atoms with Gasteiger partial charge in [0.15, 0.2) is 0 Å². The topological polar surface area (TPSA) is 75.4 Å². The molecular formula is C18H20N6O. The van der Waals surface area contributed by atoms with Gasteiger partial charge in [0.25, 0.3) is 5.78 Å². The van der Waals surface area contributed by atoms with Crippen LogP contribution in [0.1, 0.15) is 20.3 Å². The number of nitrogens with zero attached hydrogens (tertiary/aromatic N) is 5.